The highest BCUT2D eigenvalue weighted by Gasteiger charge is 2.32. The van der Waals surface area contributed by atoms with Crippen molar-refractivity contribution in [1.82, 2.24) is 4.90 Å². The van der Waals surface area contributed by atoms with Gasteiger partial charge in [0.2, 0.25) is 0 Å². The van der Waals surface area contributed by atoms with Crippen molar-refractivity contribution in [3.05, 3.63) is 35.6 Å². The van der Waals surface area contributed by atoms with Gasteiger partial charge >= 0.3 is 0 Å². The van der Waals surface area contributed by atoms with Gasteiger partial charge in [-0.25, -0.2) is 4.39 Å². The number of rotatable bonds is 5. The largest absolute Gasteiger partial charge is 0.297 e. The third-order valence-corrected chi connectivity index (χ3v) is 3.53. The molecule has 0 aliphatic rings. The average Bonchev–Trinajstić information content (AvgIpc) is 2.27. The molecule has 17 heavy (non-hydrogen) atoms. The van der Waals surface area contributed by atoms with Gasteiger partial charge in [0, 0.05) is 6.42 Å². The highest BCUT2D eigenvalue weighted by atomic mass is 19.1. The Balaban J connectivity index is 2.85. The zero-order valence-electron chi connectivity index (χ0n) is 11.0. The molecule has 1 rings (SSSR count). The normalized spacial score (nSPS) is 14.7. The van der Waals surface area contributed by atoms with Crippen LogP contribution in [0.3, 0.4) is 0 Å². The predicted molar refractivity (Wildman–Crippen MR) is 67.5 cm³/mol. The van der Waals surface area contributed by atoms with Crippen LogP contribution in [0.4, 0.5) is 4.39 Å². The first-order valence-corrected chi connectivity index (χ1v) is 5.85. The molecule has 1 atom stereocenters. The minimum Gasteiger partial charge on any atom is -0.297 e. The molecule has 2 nitrogen and oxygen atoms in total. The lowest BCUT2D eigenvalue weighted by molar-refractivity contribution is -0.128. The average molecular weight is 237 g/mol. The van der Waals surface area contributed by atoms with E-state index < -0.39 is 5.54 Å². The molecule has 0 N–H and O–H groups in total. The monoisotopic (exact) mass is 237 g/mol. The summed E-state index contributed by atoms with van der Waals surface area (Å²) in [5.74, 6) is -0.172. The molecule has 3 heteroatoms. The molecular formula is C14H20FNO. The van der Waals surface area contributed by atoms with Crippen molar-refractivity contribution in [3.8, 4) is 0 Å². The quantitative estimate of drug-likeness (QED) is 0.784. The first kappa shape index (κ1) is 13.8. The number of ketones is 1. The molecule has 94 valence electrons. The standard InChI is InChI=1S/C14H20FNO/c1-5-14(2,16(3)4)13(17)10-11-7-6-8-12(15)9-11/h6-9H,5,10H2,1-4H3. The highest BCUT2D eigenvalue weighted by molar-refractivity contribution is 5.89. The number of carbonyl (C=O) groups is 1. The van der Waals surface area contributed by atoms with Gasteiger partial charge in [-0.3, -0.25) is 9.69 Å². The van der Waals surface area contributed by atoms with E-state index in [0.717, 1.165) is 12.0 Å². The second-order valence-electron chi connectivity index (χ2n) is 4.75. The first-order chi connectivity index (χ1) is 7.90. The number of likely N-dealkylation sites (N-methyl/N-ethyl adjacent to an activating group) is 1. The molecule has 0 saturated carbocycles. The Morgan fingerprint density at radius 1 is 1.41 bits per heavy atom. The van der Waals surface area contributed by atoms with Gasteiger partial charge < -0.3 is 0 Å². The van der Waals surface area contributed by atoms with E-state index >= 15 is 0 Å². The van der Waals surface area contributed by atoms with Gasteiger partial charge in [-0.15, -0.1) is 0 Å². The molecule has 0 heterocycles. The van der Waals surface area contributed by atoms with E-state index in [1.165, 1.54) is 12.1 Å². The van der Waals surface area contributed by atoms with Crippen LogP contribution in [0.5, 0.6) is 0 Å². The van der Waals surface area contributed by atoms with E-state index in [0.29, 0.717) is 0 Å². The van der Waals surface area contributed by atoms with Crippen LogP contribution < -0.4 is 0 Å². The van der Waals surface area contributed by atoms with Crippen LogP contribution in [0.2, 0.25) is 0 Å². The summed E-state index contributed by atoms with van der Waals surface area (Å²) in [4.78, 5) is 14.2. The van der Waals surface area contributed by atoms with E-state index in [4.69, 9.17) is 0 Å². The first-order valence-electron chi connectivity index (χ1n) is 5.85. The molecule has 1 aromatic rings. The van der Waals surface area contributed by atoms with Crippen molar-refractivity contribution < 1.29 is 9.18 Å². The number of benzene rings is 1. The molecule has 0 aliphatic carbocycles. The third-order valence-electron chi connectivity index (χ3n) is 3.53. The number of nitrogens with zero attached hydrogens (tertiary/aromatic N) is 1. The Kier molecular flexibility index (Phi) is 4.40. The summed E-state index contributed by atoms with van der Waals surface area (Å²) < 4.78 is 13.0. The summed E-state index contributed by atoms with van der Waals surface area (Å²) in [6.45, 7) is 3.91. The summed E-state index contributed by atoms with van der Waals surface area (Å²) in [7, 11) is 3.79. The zero-order valence-corrected chi connectivity index (χ0v) is 11.0. The summed E-state index contributed by atoms with van der Waals surface area (Å²) in [5, 5.41) is 0. The van der Waals surface area contributed by atoms with Gasteiger partial charge in [0.05, 0.1) is 5.54 Å². The third kappa shape index (κ3) is 3.13. The molecular weight excluding hydrogens is 217 g/mol. The van der Waals surface area contributed by atoms with Gasteiger partial charge in [0.15, 0.2) is 5.78 Å². The summed E-state index contributed by atoms with van der Waals surface area (Å²) >= 11 is 0. The lowest BCUT2D eigenvalue weighted by Gasteiger charge is -2.34. The molecule has 0 saturated heterocycles. The number of Topliss-reactive ketones (excluding diaryl/α,β-unsaturated/α-hetero) is 1. The molecule has 1 aromatic carbocycles. The summed E-state index contributed by atoms with van der Waals surface area (Å²) in [5.41, 5.74) is 0.253. The maximum absolute atomic E-state index is 13.0. The molecule has 1 unspecified atom stereocenters. The number of halogens is 1. The van der Waals surface area contributed by atoms with Gasteiger partial charge in [0.1, 0.15) is 5.82 Å². The number of hydrogen-bond acceptors (Lipinski definition) is 2. The molecule has 0 radical (unpaired) electrons. The lowest BCUT2D eigenvalue weighted by Crippen LogP contribution is -2.48. The lowest BCUT2D eigenvalue weighted by atomic mass is 9.88. The number of hydrogen-bond donors (Lipinski definition) is 0. The fourth-order valence-corrected chi connectivity index (χ4v) is 1.79. The molecule has 0 bridgehead atoms. The molecule has 0 aromatic heterocycles. The SMILES string of the molecule is CCC(C)(C(=O)Cc1cccc(F)c1)N(C)C. The predicted octanol–water partition coefficient (Wildman–Crippen LogP) is 2.67. The maximum Gasteiger partial charge on any atom is 0.157 e. The Morgan fingerprint density at radius 2 is 2.06 bits per heavy atom. The van der Waals surface area contributed by atoms with Crippen LogP contribution in [0.25, 0.3) is 0 Å². The van der Waals surface area contributed by atoms with Gasteiger partial charge in [0.25, 0.3) is 0 Å². The van der Waals surface area contributed by atoms with Crippen molar-refractivity contribution in [1.29, 1.82) is 0 Å². The van der Waals surface area contributed by atoms with E-state index in [1.807, 2.05) is 32.8 Å². The van der Waals surface area contributed by atoms with Crippen molar-refractivity contribution >= 4 is 5.78 Å². The van der Waals surface area contributed by atoms with Gasteiger partial charge in [-0.1, -0.05) is 19.1 Å². The minimum atomic E-state index is -0.480. The van der Waals surface area contributed by atoms with E-state index in [2.05, 4.69) is 0 Å². The van der Waals surface area contributed by atoms with Gasteiger partial charge in [-0.05, 0) is 45.1 Å². The Bertz CT molecular complexity index is 403. The summed E-state index contributed by atoms with van der Waals surface area (Å²) in [6, 6.07) is 6.23. The second-order valence-corrected chi connectivity index (χ2v) is 4.75. The fraction of sp³-hybridized carbons (Fsp3) is 0.500. The Labute approximate surface area is 102 Å². The van der Waals surface area contributed by atoms with Crippen LogP contribution in [-0.2, 0) is 11.2 Å². The molecule has 0 fully saturated rings. The van der Waals surface area contributed by atoms with E-state index in [9.17, 15) is 9.18 Å². The van der Waals surface area contributed by atoms with Crippen LogP contribution in [0.1, 0.15) is 25.8 Å². The second kappa shape index (κ2) is 5.41. The van der Waals surface area contributed by atoms with Crippen molar-refractivity contribution in [2.24, 2.45) is 0 Å². The minimum absolute atomic E-state index is 0.121. The van der Waals surface area contributed by atoms with Crippen LogP contribution >= 0.6 is 0 Å². The fourth-order valence-electron chi connectivity index (χ4n) is 1.79. The Morgan fingerprint density at radius 3 is 2.53 bits per heavy atom. The zero-order chi connectivity index (χ0) is 13.1. The summed E-state index contributed by atoms with van der Waals surface area (Å²) in [6.07, 6.45) is 1.02. The van der Waals surface area contributed by atoms with Crippen LogP contribution in [0.15, 0.2) is 24.3 Å². The Hall–Kier alpha value is -1.22. The molecule has 0 aliphatic heterocycles. The van der Waals surface area contributed by atoms with Crippen molar-refractivity contribution in [3.63, 3.8) is 0 Å². The van der Waals surface area contributed by atoms with E-state index in [1.54, 1.807) is 12.1 Å². The number of carbonyl (C=O) groups excluding carboxylic acids is 1. The van der Waals surface area contributed by atoms with Crippen LogP contribution in [0, 0.1) is 5.82 Å². The van der Waals surface area contributed by atoms with E-state index in [-0.39, 0.29) is 18.0 Å². The smallest absolute Gasteiger partial charge is 0.157 e. The molecule has 0 spiro atoms. The van der Waals surface area contributed by atoms with Crippen molar-refractivity contribution in [2.75, 3.05) is 14.1 Å². The van der Waals surface area contributed by atoms with Crippen LogP contribution in [-0.4, -0.2) is 30.3 Å². The van der Waals surface area contributed by atoms with Gasteiger partial charge in [-0.2, -0.15) is 0 Å². The van der Waals surface area contributed by atoms with Crippen molar-refractivity contribution in [2.45, 2.75) is 32.2 Å². The topological polar surface area (TPSA) is 20.3 Å². The maximum atomic E-state index is 13.0. The highest BCUT2D eigenvalue weighted by Crippen LogP contribution is 2.20. The molecule has 0 amide bonds.